The van der Waals surface area contributed by atoms with Crippen molar-refractivity contribution < 1.29 is 0 Å². The highest BCUT2D eigenvalue weighted by atomic mass is 15.0. The van der Waals surface area contributed by atoms with E-state index in [9.17, 15) is 5.26 Å². The van der Waals surface area contributed by atoms with Crippen LogP contribution in [-0.2, 0) is 5.41 Å². The van der Waals surface area contributed by atoms with E-state index in [0.717, 1.165) is 33.5 Å². The molecule has 6 aromatic rings. The minimum atomic E-state index is -0.0565. The van der Waals surface area contributed by atoms with Gasteiger partial charge in [0, 0.05) is 34.3 Å². The van der Waals surface area contributed by atoms with Gasteiger partial charge in [0.05, 0.1) is 28.4 Å². The van der Waals surface area contributed by atoms with Gasteiger partial charge in [0.1, 0.15) is 0 Å². The Morgan fingerprint density at radius 3 is 2.11 bits per heavy atom. The Kier molecular flexibility index (Phi) is 5.39. The van der Waals surface area contributed by atoms with E-state index in [-0.39, 0.29) is 5.41 Å². The second kappa shape index (κ2) is 8.76. The van der Waals surface area contributed by atoms with E-state index >= 15 is 0 Å². The molecule has 0 aliphatic carbocycles. The Bertz CT molecular complexity index is 1800. The maximum atomic E-state index is 10.2. The van der Waals surface area contributed by atoms with Gasteiger partial charge in [-0.3, -0.25) is 4.98 Å². The van der Waals surface area contributed by atoms with Crippen molar-refractivity contribution in [1.82, 2.24) is 9.55 Å². The van der Waals surface area contributed by atoms with Crippen LogP contribution in [0.15, 0.2) is 109 Å². The first-order valence-corrected chi connectivity index (χ1v) is 12.5. The summed E-state index contributed by atoms with van der Waals surface area (Å²) < 4.78 is 2.40. The maximum absolute atomic E-state index is 10.2. The van der Waals surface area contributed by atoms with Crippen molar-refractivity contribution in [1.29, 1.82) is 5.26 Å². The summed E-state index contributed by atoms with van der Waals surface area (Å²) in [7, 11) is 0. The van der Waals surface area contributed by atoms with E-state index in [4.69, 9.17) is 0 Å². The van der Waals surface area contributed by atoms with E-state index in [1.165, 1.54) is 21.9 Å². The first kappa shape index (κ1) is 22.8. The zero-order chi connectivity index (χ0) is 25.6. The molecule has 0 N–H and O–H groups in total. The lowest BCUT2D eigenvalue weighted by atomic mass is 9.85. The average Bonchev–Trinajstić information content (AvgIpc) is 3.27. The fraction of sp³-hybridized carbons (Fsp3) is 0.118. The molecule has 178 valence electrons. The summed E-state index contributed by atoms with van der Waals surface area (Å²) in [5.41, 5.74) is 9.27. The number of benzene rings is 4. The lowest BCUT2D eigenvalue weighted by Gasteiger charge is -2.23. The van der Waals surface area contributed by atoms with Gasteiger partial charge in [-0.25, -0.2) is 0 Å². The number of nitrogens with zero attached hydrogens (tertiary/aromatic N) is 3. The number of fused-ring (bicyclic) bond motifs is 3. The van der Waals surface area contributed by atoms with Gasteiger partial charge in [-0.2, -0.15) is 5.26 Å². The second-order valence-corrected chi connectivity index (χ2v) is 10.4. The SMILES string of the molecule is CC(C)(C)c1cccc2c3ccccc3n(-c3cc(-c4ccncc4)c(C#N)cc3-c3ccccc3)c12. The quantitative estimate of drug-likeness (QED) is 0.256. The summed E-state index contributed by atoms with van der Waals surface area (Å²) in [4.78, 5) is 4.20. The van der Waals surface area contributed by atoms with Crippen molar-refractivity contribution in [2.24, 2.45) is 0 Å². The Balaban J connectivity index is 1.82. The van der Waals surface area contributed by atoms with Crippen molar-refractivity contribution in [2.45, 2.75) is 26.2 Å². The van der Waals surface area contributed by atoms with Gasteiger partial charge < -0.3 is 4.57 Å². The molecule has 0 saturated heterocycles. The highest BCUT2D eigenvalue weighted by molar-refractivity contribution is 6.11. The van der Waals surface area contributed by atoms with Crippen molar-refractivity contribution in [3.63, 3.8) is 0 Å². The standard InChI is InChI=1S/C34H27N3/c1-34(2,3)30-14-9-13-27-26-12-7-8-15-31(26)37(33(27)30)32-21-28(24-16-18-36-19-17-24)25(22-35)20-29(32)23-10-5-4-6-11-23/h4-21H,1-3H3. The van der Waals surface area contributed by atoms with Gasteiger partial charge in [-0.15, -0.1) is 0 Å². The molecule has 0 aliphatic rings. The zero-order valence-corrected chi connectivity index (χ0v) is 21.2. The highest BCUT2D eigenvalue weighted by Crippen LogP contribution is 2.42. The van der Waals surface area contributed by atoms with Crippen molar-refractivity contribution in [3.05, 3.63) is 121 Å². The molecule has 3 nitrogen and oxygen atoms in total. The zero-order valence-electron chi connectivity index (χ0n) is 21.2. The minimum absolute atomic E-state index is 0.0565. The number of para-hydroxylation sites is 2. The van der Waals surface area contributed by atoms with Crippen LogP contribution in [0.5, 0.6) is 0 Å². The molecule has 2 heterocycles. The Hall–Kier alpha value is -4.68. The molecule has 0 fully saturated rings. The van der Waals surface area contributed by atoms with Crippen LogP contribution in [0.25, 0.3) is 49.7 Å². The molecule has 0 spiro atoms. The van der Waals surface area contributed by atoms with Gasteiger partial charge in [0.2, 0.25) is 0 Å². The molecule has 4 aromatic carbocycles. The summed E-state index contributed by atoms with van der Waals surface area (Å²) in [6.07, 6.45) is 3.55. The topological polar surface area (TPSA) is 41.6 Å². The number of hydrogen-bond acceptors (Lipinski definition) is 2. The van der Waals surface area contributed by atoms with Gasteiger partial charge in [-0.1, -0.05) is 87.5 Å². The molecular weight excluding hydrogens is 450 g/mol. The summed E-state index contributed by atoms with van der Waals surface area (Å²) in [6.45, 7) is 6.80. The first-order chi connectivity index (χ1) is 18.0. The molecule has 3 heteroatoms. The lowest BCUT2D eigenvalue weighted by molar-refractivity contribution is 0.594. The van der Waals surface area contributed by atoms with Crippen LogP contribution in [-0.4, -0.2) is 9.55 Å². The van der Waals surface area contributed by atoms with E-state index < -0.39 is 0 Å². The predicted octanol–water partition coefficient (Wildman–Crippen LogP) is 8.68. The van der Waals surface area contributed by atoms with E-state index in [0.29, 0.717) is 5.56 Å². The molecule has 0 aliphatic heterocycles. The van der Waals surface area contributed by atoms with Gasteiger partial charge in [-0.05, 0) is 52.4 Å². The molecule has 0 saturated carbocycles. The average molecular weight is 478 g/mol. The lowest BCUT2D eigenvalue weighted by Crippen LogP contribution is -2.13. The van der Waals surface area contributed by atoms with E-state index in [1.807, 2.05) is 36.4 Å². The van der Waals surface area contributed by atoms with Crippen LogP contribution in [0.1, 0.15) is 31.9 Å². The summed E-state index contributed by atoms with van der Waals surface area (Å²) in [5.74, 6) is 0. The molecule has 0 radical (unpaired) electrons. The van der Waals surface area contributed by atoms with Crippen LogP contribution < -0.4 is 0 Å². The predicted molar refractivity (Wildman–Crippen MR) is 153 cm³/mol. The van der Waals surface area contributed by atoms with Crippen molar-refractivity contribution in [3.8, 4) is 34.0 Å². The number of nitriles is 1. The van der Waals surface area contributed by atoms with E-state index in [2.05, 4.69) is 97.1 Å². The monoisotopic (exact) mass is 477 g/mol. The molecule has 0 atom stereocenters. The normalized spacial score (nSPS) is 11.6. The number of rotatable bonds is 3. The van der Waals surface area contributed by atoms with Gasteiger partial charge >= 0.3 is 0 Å². The fourth-order valence-electron chi connectivity index (χ4n) is 5.36. The molecule has 0 unspecified atom stereocenters. The van der Waals surface area contributed by atoms with Crippen molar-refractivity contribution in [2.75, 3.05) is 0 Å². The Morgan fingerprint density at radius 1 is 0.703 bits per heavy atom. The third kappa shape index (κ3) is 3.79. The summed E-state index contributed by atoms with van der Waals surface area (Å²) in [5, 5.41) is 12.6. The van der Waals surface area contributed by atoms with Crippen LogP contribution in [0.4, 0.5) is 0 Å². The fourth-order valence-corrected chi connectivity index (χ4v) is 5.36. The van der Waals surface area contributed by atoms with Crippen LogP contribution >= 0.6 is 0 Å². The van der Waals surface area contributed by atoms with Crippen LogP contribution in [0.2, 0.25) is 0 Å². The summed E-state index contributed by atoms with van der Waals surface area (Å²) in [6, 6.07) is 36.2. The largest absolute Gasteiger partial charge is 0.308 e. The second-order valence-electron chi connectivity index (χ2n) is 10.4. The van der Waals surface area contributed by atoms with Crippen LogP contribution in [0.3, 0.4) is 0 Å². The minimum Gasteiger partial charge on any atom is -0.308 e. The number of hydrogen-bond donors (Lipinski definition) is 0. The Morgan fingerprint density at radius 2 is 1.38 bits per heavy atom. The number of pyridine rings is 1. The molecule has 2 aromatic heterocycles. The maximum Gasteiger partial charge on any atom is 0.0998 e. The number of aromatic nitrogens is 2. The molecule has 0 bridgehead atoms. The third-order valence-electron chi connectivity index (χ3n) is 7.08. The Labute approximate surface area is 217 Å². The van der Waals surface area contributed by atoms with Gasteiger partial charge in [0.15, 0.2) is 0 Å². The molecule has 37 heavy (non-hydrogen) atoms. The highest BCUT2D eigenvalue weighted by Gasteiger charge is 2.24. The smallest absolute Gasteiger partial charge is 0.0998 e. The van der Waals surface area contributed by atoms with E-state index in [1.54, 1.807) is 12.4 Å². The van der Waals surface area contributed by atoms with Gasteiger partial charge in [0.25, 0.3) is 0 Å². The first-order valence-electron chi connectivity index (χ1n) is 12.5. The third-order valence-corrected chi connectivity index (χ3v) is 7.08. The van der Waals surface area contributed by atoms with Crippen molar-refractivity contribution >= 4 is 21.8 Å². The van der Waals surface area contributed by atoms with Crippen LogP contribution in [0, 0.1) is 11.3 Å². The molecule has 0 amide bonds. The summed E-state index contributed by atoms with van der Waals surface area (Å²) >= 11 is 0. The molecule has 6 rings (SSSR count). The molecular formula is C34H27N3.